The molecule has 0 aromatic carbocycles. The Kier molecular flexibility index (Phi) is 4.61. The Bertz CT molecular complexity index is 543. The molecule has 0 aliphatic heterocycles. The van der Waals surface area contributed by atoms with E-state index in [1.807, 2.05) is 28.7 Å². The van der Waals surface area contributed by atoms with Crippen LogP contribution in [0.4, 0.5) is 0 Å². The molecule has 0 unspecified atom stereocenters. The summed E-state index contributed by atoms with van der Waals surface area (Å²) in [4.78, 5) is 0. The second-order valence-corrected chi connectivity index (χ2v) is 4.87. The van der Waals surface area contributed by atoms with Crippen LogP contribution < -0.4 is 5.32 Å². The first-order valence-electron chi connectivity index (χ1n) is 6.59. The van der Waals surface area contributed by atoms with Crippen LogP contribution in [0, 0.1) is 6.92 Å². The van der Waals surface area contributed by atoms with E-state index in [0.29, 0.717) is 6.54 Å². The number of nitrogens with one attached hydrogen (secondary N) is 1. The summed E-state index contributed by atoms with van der Waals surface area (Å²) in [6.07, 6.45) is 3.93. The summed E-state index contributed by atoms with van der Waals surface area (Å²) in [5.74, 6) is 0. The van der Waals surface area contributed by atoms with Crippen molar-refractivity contribution in [2.75, 3.05) is 6.54 Å². The summed E-state index contributed by atoms with van der Waals surface area (Å²) in [5, 5.41) is 12.8. The van der Waals surface area contributed by atoms with Crippen molar-refractivity contribution in [1.82, 2.24) is 24.9 Å². The average molecular weight is 282 g/mol. The molecule has 0 radical (unpaired) electrons. The standard InChI is InChI=1S/C13H20ClN5/c1-4-15-6-11-7-16-18(8-11)9-12-13(14)10(3)17-19(12)5-2/h7-8,15H,4-6,9H2,1-3H3. The molecule has 1 N–H and O–H groups in total. The molecular formula is C13H20ClN5. The predicted octanol–water partition coefficient (Wildman–Crippen LogP) is 2.22. The molecule has 19 heavy (non-hydrogen) atoms. The van der Waals surface area contributed by atoms with E-state index in [1.165, 1.54) is 5.56 Å². The molecule has 104 valence electrons. The van der Waals surface area contributed by atoms with Crippen LogP contribution >= 0.6 is 11.6 Å². The van der Waals surface area contributed by atoms with E-state index in [9.17, 15) is 0 Å². The van der Waals surface area contributed by atoms with Gasteiger partial charge in [0.15, 0.2) is 0 Å². The first kappa shape index (κ1) is 14.1. The van der Waals surface area contributed by atoms with Crippen LogP contribution in [0.1, 0.15) is 30.8 Å². The second kappa shape index (κ2) is 6.21. The van der Waals surface area contributed by atoms with E-state index in [4.69, 9.17) is 11.6 Å². The van der Waals surface area contributed by atoms with Gasteiger partial charge in [-0.05, 0) is 20.4 Å². The minimum Gasteiger partial charge on any atom is -0.313 e. The monoisotopic (exact) mass is 281 g/mol. The summed E-state index contributed by atoms with van der Waals surface area (Å²) in [5.41, 5.74) is 3.07. The fourth-order valence-electron chi connectivity index (χ4n) is 2.03. The molecule has 6 heteroatoms. The van der Waals surface area contributed by atoms with E-state index < -0.39 is 0 Å². The molecule has 0 aliphatic carbocycles. The van der Waals surface area contributed by atoms with Crippen LogP contribution in [0.2, 0.25) is 5.02 Å². The Labute approximate surface area is 118 Å². The van der Waals surface area contributed by atoms with Crippen molar-refractivity contribution in [3.8, 4) is 0 Å². The van der Waals surface area contributed by atoms with E-state index in [2.05, 4.69) is 29.4 Å². The first-order valence-corrected chi connectivity index (χ1v) is 6.97. The van der Waals surface area contributed by atoms with Crippen LogP contribution in [0.5, 0.6) is 0 Å². The topological polar surface area (TPSA) is 47.7 Å². The summed E-state index contributed by atoms with van der Waals surface area (Å²) in [7, 11) is 0. The van der Waals surface area contributed by atoms with Gasteiger partial charge in [-0.2, -0.15) is 10.2 Å². The van der Waals surface area contributed by atoms with E-state index in [-0.39, 0.29) is 0 Å². The Balaban J connectivity index is 2.14. The highest BCUT2D eigenvalue weighted by atomic mass is 35.5. The number of aromatic nitrogens is 4. The smallest absolute Gasteiger partial charge is 0.0866 e. The summed E-state index contributed by atoms with van der Waals surface area (Å²) >= 11 is 6.30. The SMILES string of the molecule is CCNCc1cnn(Cc2c(Cl)c(C)nn2CC)c1. The zero-order valence-electron chi connectivity index (χ0n) is 11.6. The Morgan fingerprint density at radius 2 is 2.16 bits per heavy atom. The normalized spacial score (nSPS) is 11.2. The minimum absolute atomic E-state index is 0.652. The van der Waals surface area contributed by atoms with E-state index >= 15 is 0 Å². The third-order valence-electron chi connectivity index (χ3n) is 3.03. The van der Waals surface area contributed by atoms with Gasteiger partial charge in [0.2, 0.25) is 0 Å². The highest BCUT2D eigenvalue weighted by Gasteiger charge is 2.13. The highest BCUT2D eigenvalue weighted by Crippen LogP contribution is 2.21. The number of hydrogen-bond acceptors (Lipinski definition) is 3. The molecule has 2 aromatic rings. The van der Waals surface area contributed by atoms with E-state index in [1.54, 1.807) is 0 Å². The third-order valence-corrected chi connectivity index (χ3v) is 3.52. The number of rotatable bonds is 6. The number of nitrogens with zero attached hydrogens (tertiary/aromatic N) is 4. The Hall–Kier alpha value is -1.33. The quantitative estimate of drug-likeness (QED) is 0.883. The maximum Gasteiger partial charge on any atom is 0.0866 e. The predicted molar refractivity (Wildman–Crippen MR) is 76.4 cm³/mol. The molecule has 0 saturated carbocycles. The van der Waals surface area contributed by atoms with Gasteiger partial charge in [0.05, 0.1) is 29.2 Å². The molecule has 0 atom stereocenters. The van der Waals surface area contributed by atoms with Gasteiger partial charge in [-0.15, -0.1) is 0 Å². The van der Waals surface area contributed by atoms with Crippen LogP contribution in [-0.4, -0.2) is 26.1 Å². The maximum atomic E-state index is 6.30. The summed E-state index contributed by atoms with van der Waals surface area (Å²) in [6, 6.07) is 0. The molecule has 0 bridgehead atoms. The van der Waals surface area contributed by atoms with Crippen LogP contribution in [0.25, 0.3) is 0 Å². The molecule has 0 amide bonds. The fraction of sp³-hybridized carbons (Fsp3) is 0.538. The molecule has 0 spiro atoms. The van der Waals surface area contributed by atoms with Gasteiger partial charge in [0, 0.05) is 24.8 Å². The molecule has 2 heterocycles. The molecule has 2 aromatic heterocycles. The van der Waals surface area contributed by atoms with Gasteiger partial charge < -0.3 is 5.32 Å². The van der Waals surface area contributed by atoms with Crippen molar-refractivity contribution in [2.45, 2.75) is 40.4 Å². The molecule has 0 aliphatic rings. The van der Waals surface area contributed by atoms with Crippen LogP contribution in [-0.2, 0) is 19.6 Å². The molecule has 0 saturated heterocycles. The lowest BCUT2D eigenvalue weighted by atomic mass is 10.3. The zero-order valence-corrected chi connectivity index (χ0v) is 12.4. The van der Waals surface area contributed by atoms with Gasteiger partial charge in [-0.25, -0.2) is 0 Å². The summed E-state index contributed by atoms with van der Waals surface area (Å²) < 4.78 is 3.84. The molecule has 5 nitrogen and oxygen atoms in total. The van der Waals surface area contributed by atoms with Gasteiger partial charge in [-0.3, -0.25) is 9.36 Å². The lowest BCUT2D eigenvalue weighted by Gasteiger charge is -2.05. The Morgan fingerprint density at radius 3 is 2.84 bits per heavy atom. The van der Waals surface area contributed by atoms with Gasteiger partial charge >= 0.3 is 0 Å². The highest BCUT2D eigenvalue weighted by molar-refractivity contribution is 6.31. The van der Waals surface area contributed by atoms with Crippen molar-refractivity contribution in [1.29, 1.82) is 0 Å². The van der Waals surface area contributed by atoms with Gasteiger partial charge in [0.25, 0.3) is 0 Å². The van der Waals surface area contributed by atoms with E-state index in [0.717, 1.165) is 36.0 Å². The number of hydrogen-bond donors (Lipinski definition) is 1. The van der Waals surface area contributed by atoms with Crippen molar-refractivity contribution in [2.24, 2.45) is 0 Å². The largest absolute Gasteiger partial charge is 0.313 e. The van der Waals surface area contributed by atoms with Crippen LogP contribution in [0.3, 0.4) is 0 Å². The van der Waals surface area contributed by atoms with Crippen molar-refractivity contribution >= 4 is 11.6 Å². The second-order valence-electron chi connectivity index (χ2n) is 4.49. The molecule has 2 rings (SSSR count). The fourth-order valence-corrected chi connectivity index (χ4v) is 2.22. The summed E-state index contributed by atoms with van der Waals surface area (Å²) in [6.45, 7) is 9.35. The average Bonchev–Trinajstić information content (AvgIpc) is 2.96. The maximum absolute atomic E-state index is 6.30. The molecular weight excluding hydrogens is 262 g/mol. The number of halogens is 1. The van der Waals surface area contributed by atoms with Crippen molar-refractivity contribution in [3.63, 3.8) is 0 Å². The lowest BCUT2D eigenvalue weighted by molar-refractivity contribution is 0.575. The molecule has 0 fully saturated rings. The van der Waals surface area contributed by atoms with Crippen molar-refractivity contribution < 1.29 is 0 Å². The van der Waals surface area contributed by atoms with Gasteiger partial charge in [0.1, 0.15) is 0 Å². The van der Waals surface area contributed by atoms with Crippen molar-refractivity contribution in [3.05, 3.63) is 34.4 Å². The van der Waals surface area contributed by atoms with Crippen LogP contribution in [0.15, 0.2) is 12.4 Å². The zero-order chi connectivity index (χ0) is 13.8. The lowest BCUT2D eigenvalue weighted by Crippen LogP contribution is -2.11. The first-order chi connectivity index (χ1) is 9.15. The Morgan fingerprint density at radius 1 is 1.37 bits per heavy atom. The number of aryl methyl sites for hydroxylation is 2. The van der Waals surface area contributed by atoms with Gasteiger partial charge in [-0.1, -0.05) is 18.5 Å². The minimum atomic E-state index is 0.652. The third kappa shape index (κ3) is 3.16.